The SMILES string of the molecule is O=c1nc(OCc2ccc(Oc3ccnc(C(F)(F)F)c3)c(F)c2)cc2n1CC1CC3(CCN21)COC3. The molecule has 2 aromatic heterocycles. The van der Waals surface area contributed by atoms with Gasteiger partial charge in [-0.1, -0.05) is 6.07 Å². The molecule has 12 heteroatoms. The summed E-state index contributed by atoms with van der Waals surface area (Å²) in [4.78, 5) is 22.2. The van der Waals surface area contributed by atoms with E-state index in [0.29, 0.717) is 18.2 Å². The zero-order valence-electron chi connectivity index (χ0n) is 19.5. The lowest BCUT2D eigenvalue weighted by atomic mass is 9.74. The number of hydrogen-bond acceptors (Lipinski definition) is 7. The minimum Gasteiger partial charge on any atom is -0.473 e. The molecule has 5 heterocycles. The number of fused-ring (bicyclic) bond motifs is 3. The molecular weight excluding hydrogens is 496 g/mol. The minimum absolute atomic E-state index is 0.0650. The quantitative estimate of drug-likeness (QED) is 0.470. The smallest absolute Gasteiger partial charge is 0.433 e. The highest BCUT2D eigenvalue weighted by Crippen LogP contribution is 2.45. The van der Waals surface area contributed by atoms with Gasteiger partial charge in [0.1, 0.15) is 23.9 Å². The van der Waals surface area contributed by atoms with Crippen molar-refractivity contribution in [3.05, 3.63) is 70.2 Å². The standard InChI is InChI=1S/C25H22F4N4O4/c26-18-7-15(1-2-19(18)37-17-3-5-30-20(8-17)25(27,28)29)12-36-21-9-22-32-6-4-24(13-35-14-24)10-16(32)11-33(22)23(34)31-21/h1-3,5,7-9,16H,4,6,10-14H2. The third kappa shape index (κ3) is 4.50. The summed E-state index contributed by atoms with van der Waals surface area (Å²) in [5.41, 5.74) is -0.884. The van der Waals surface area contributed by atoms with Crippen molar-refractivity contribution in [3.8, 4) is 17.4 Å². The summed E-state index contributed by atoms with van der Waals surface area (Å²) in [5, 5.41) is 0. The summed E-state index contributed by atoms with van der Waals surface area (Å²) in [6.07, 6.45) is -1.73. The van der Waals surface area contributed by atoms with Gasteiger partial charge in [-0.3, -0.25) is 9.55 Å². The summed E-state index contributed by atoms with van der Waals surface area (Å²) >= 11 is 0. The summed E-state index contributed by atoms with van der Waals surface area (Å²) in [5.74, 6) is -0.317. The van der Waals surface area contributed by atoms with Crippen molar-refractivity contribution >= 4 is 5.82 Å². The first-order valence-electron chi connectivity index (χ1n) is 11.8. The van der Waals surface area contributed by atoms with E-state index in [9.17, 15) is 22.4 Å². The number of nitrogens with zero attached hydrogens (tertiary/aromatic N) is 4. The van der Waals surface area contributed by atoms with Gasteiger partial charge >= 0.3 is 11.9 Å². The predicted molar refractivity (Wildman–Crippen MR) is 122 cm³/mol. The fourth-order valence-electron chi connectivity index (χ4n) is 5.17. The Balaban J connectivity index is 1.13. The van der Waals surface area contributed by atoms with Gasteiger partial charge in [0.15, 0.2) is 11.6 Å². The normalized spacial score (nSPS) is 19.8. The van der Waals surface area contributed by atoms with Crippen molar-refractivity contribution in [3.63, 3.8) is 0 Å². The lowest BCUT2D eigenvalue weighted by Crippen LogP contribution is -2.54. The van der Waals surface area contributed by atoms with Crippen molar-refractivity contribution in [2.75, 3.05) is 24.7 Å². The summed E-state index contributed by atoms with van der Waals surface area (Å²) < 4.78 is 71.2. The van der Waals surface area contributed by atoms with Crippen LogP contribution in [0.15, 0.2) is 47.4 Å². The van der Waals surface area contributed by atoms with Crippen LogP contribution in [0.3, 0.4) is 0 Å². The molecule has 194 valence electrons. The second-order valence-corrected chi connectivity index (χ2v) is 9.67. The molecule has 2 saturated heterocycles. The number of halogens is 4. The molecule has 0 N–H and O–H groups in total. The largest absolute Gasteiger partial charge is 0.473 e. The molecule has 3 aliphatic heterocycles. The van der Waals surface area contributed by atoms with Crippen LogP contribution in [0.25, 0.3) is 0 Å². The molecule has 1 spiro atoms. The van der Waals surface area contributed by atoms with Crippen LogP contribution in [0, 0.1) is 11.2 Å². The number of alkyl halides is 3. The third-order valence-corrected chi connectivity index (χ3v) is 7.10. The van der Waals surface area contributed by atoms with Crippen LogP contribution in [-0.4, -0.2) is 40.3 Å². The highest BCUT2D eigenvalue weighted by atomic mass is 19.4. The molecule has 3 aliphatic rings. The van der Waals surface area contributed by atoms with E-state index < -0.39 is 23.4 Å². The van der Waals surface area contributed by atoms with Crippen LogP contribution >= 0.6 is 0 Å². The first kappa shape index (κ1) is 23.7. The van der Waals surface area contributed by atoms with Crippen LogP contribution in [0.2, 0.25) is 0 Å². The fourth-order valence-corrected chi connectivity index (χ4v) is 5.17. The van der Waals surface area contributed by atoms with Crippen molar-refractivity contribution in [1.82, 2.24) is 14.5 Å². The second-order valence-electron chi connectivity index (χ2n) is 9.67. The first-order valence-corrected chi connectivity index (χ1v) is 11.8. The summed E-state index contributed by atoms with van der Waals surface area (Å²) in [6.45, 7) is 2.88. The maximum atomic E-state index is 14.6. The molecule has 0 saturated carbocycles. The Kier molecular flexibility index (Phi) is 5.59. The van der Waals surface area contributed by atoms with E-state index in [1.165, 1.54) is 18.2 Å². The van der Waals surface area contributed by atoms with Gasteiger partial charge < -0.3 is 19.1 Å². The van der Waals surface area contributed by atoms with Crippen molar-refractivity contribution < 1.29 is 31.8 Å². The zero-order valence-corrected chi connectivity index (χ0v) is 19.5. The van der Waals surface area contributed by atoms with E-state index in [1.54, 1.807) is 10.6 Å². The Morgan fingerprint density at radius 1 is 1.16 bits per heavy atom. The molecule has 6 rings (SSSR count). The van der Waals surface area contributed by atoms with Gasteiger partial charge in [0.25, 0.3) is 0 Å². The van der Waals surface area contributed by atoms with Crippen LogP contribution in [0.5, 0.6) is 17.4 Å². The lowest BCUT2D eigenvalue weighted by Gasteiger charge is -2.49. The number of piperidine rings is 1. The van der Waals surface area contributed by atoms with Gasteiger partial charge in [-0.05, 0) is 36.6 Å². The molecule has 0 amide bonds. The molecule has 0 bridgehead atoms. The van der Waals surface area contributed by atoms with E-state index in [4.69, 9.17) is 14.2 Å². The molecule has 0 aliphatic carbocycles. The molecule has 0 radical (unpaired) electrons. The number of aromatic nitrogens is 3. The van der Waals surface area contributed by atoms with Gasteiger partial charge in [0, 0.05) is 42.9 Å². The summed E-state index contributed by atoms with van der Waals surface area (Å²) in [7, 11) is 0. The van der Waals surface area contributed by atoms with Gasteiger partial charge in [0.05, 0.1) is 13.2 Å². The van der Waals surface area contributed by atoms with Gasteiger partial charge in [-0.15, -0.1) is 0 Å². The Bertz CT molecular complexity index is 1410. The number of anilines is 1. The predicted octanol–water partition coefficient (Wildman–Crippen LogP) is 4.17. The van der Waals surface area contributed by atoms with Crippen LogP contribution in [0.4, 0.5) is 23.4 Å². The van der Waals surface area contributed by atoms with Crippen LogP contribution in [0.1, 0.15) is 24.1 Å². The number of hydrogen-bond donors (Lipinski definition) is 0. The number of benzene rings is 1. The van der Waals surface area contributed by atoms with Crippen molar-refractivity contribution in [2.24, 2.45) is 5.41 Å². The lowest BCUT2D eigenvalue weighted by molar-refractivity contribution is -0.141. The number of pyridine rings is 1. The van der Waals surface area contributed by atoms with Gasteiger partial charge in [-0.2, -0.15) is 18.2 Å². The van der Waals surface area contributed by atoms with E-state index in [2.05, 4.69) is 14.9 Å². The van der Waals surface area contributed by atoms with Gasteiger partial charge in [-0.25, -0.2) is 9.18 Å². The topological polar surface area (TPSA) is 78.7 Å². The van der Waals surface area contributed by atoms with Crippen LogP contribution in [-0.2, 0) is 24.1 Å². The van der Waals surface area contributed by atoms with E-state index in [1.807, 2.05) is 0 Å². The van der Waals surface area contributed by atoms with E-state index >= 15 is 0 Å². The molecule has 37 heavy (non-hydrogen) atoms. The first-order chi connectivity index (χ1) is 17.7. The maximum absolute atomic E-state index is 14.6. The van der Waals surface area contributed by atoms with Crippen molar-refractivity contribution in [1.29, 1.82) is 0 Å². The number of rotatable bonds is 5. The molecule has 1 unspecified atom stereocenters. The minimum atomic E-state index is -4.64. The fraction of sp³-hybridized carbons (Fsp3) is 0.400. The number of ether oxygens (including phenoxy) is 3. The molecule has 2 fully saturated rings. The Morgan fingerprint density at radius 3 is 2.73 bits per heavy atom. The van der Waals surface area contributed by atoms with E-state index in [-0.39, 0.29) is 35.4 Å². The van der Waals surface area contributed by atoms with E-state index in [0.717, 1.165) is 50.7 Å². The highest BCUT2D eigenvalue weighted by Gasteiger charge is 2.47. The Hall–Kier alpha value is -3.67. The summed E-state index contributed by atoms with van der Waals surface area (Å²) in [6, 6.07) is 7.82. The monoisotopic (exact) mass is 518 g/mol. The molecule has 3 aromatic rings. The molecule has 1 aromatic carbocycles. The van der Waals surface area contributed by atoms with Gasteiger partial charge in [0.2, 0.25) is 5.88 Å². The average Bonchev–Trinajstić information content (AvgIpc) is 3.21. The molecule has 1 atom stereocenters. The van der Waals surface area contributed by atoms with Crippen molar-refractivity contribution in [2.45, 2.75) is 38.2 Å². The third-order valence-electron chi connectivity index (χ3n) is 7.10. The van der Waals surface area contributed by atoms with Crippen LogP contribution < -0.4 is 20.1 Å². The molecule has 8 nitrogen and oxygen atoms in total. The molecular formula is C25H22F4N4O4. The second kappa shape index (κ2) is 8.72. The maximum Gasteiger partial charge on any atom is 0.433 e. The Labute approximate surface area is 208 Å². The highest BCUT2D eigenvalue weighted by molar-refractivity contribution is 5.48. The Morgan fingerprint density at radius 2 is 2.00 bits per heavy atom. The zero-order chi connectivity index (χ0) is 25.8. The average molecular weight is 518 g/mol.